The normalized spacial score (nSPS) is 10.7. The minimum Gasteiger partial charge on any atom is -0.394 e. The minimum absolute atomic E-state index is 0.0894. The Morgan fingerprint density at radius 2 is 1.00 bits per heavy atom. The van der Waals surface area contributed by atoms with E-state index in [4.69, 9.17) is 9.47 Å². The molecular weight excluding hydrogens is 516 g/mol. The summed E-state index contributed by atoms with van der Waals surface area (Å²) in [5.41, 5.74) is 5.32. The molecule has 4 rings (SSSR count). The average Bonchev–Trinajstić information content (AvgIpc) is 2.84. The maximum absolute atomic E-state index is 12.9. The minimum atomic E-state index is -1.09. The van der Waals surface area contributed by atoms with E-state index in [2.05, 4.69) is 9.97 Å². The van der Waals surface area contributed by atoms with Crippen LogP contribution in [0, 0.1) is 47.9 Å². The summed E-state index contributed by atoms with van der Waals surface area (Å²) >= 11 is 0. The molecule has 0 N–H and O–H groups in total. The fourth-order valence-electron chi connectivity index (χ4n) is 4.52. The molecule has 2 aromatic heterocycles. The first kappa shape index (κ1) is 27.8. The second-order valence-electron chi connectivity index (χ2n) is 9.42. The van der Waals surface area contributed by atoms with Gasteiger partial charge in [0.25, 0.3) is 11.4 Å². The molecule has 0 bridgehead atoms. The van der Waals surface area contributed by atoms with Gasteiger partial charge in [0.05, 0.1) is 9.85 Å². The fourth-order valence-corrected chi connectivity index (χ4v) is 4.52. The van der Waals surface area contributed by atoms with Crippen LogP contribution in [0.2, 0.25) is 0 Å². The Hall–Kier alpha value is -5.19. The number of nitrogens with zero attached hydrogens (tertiary/aromatic N) is 4. The van der Waals surface area contributed by atoms with Crippen molar-refractivity contribution in [3.63, 3.8) is 0 Å². The van der Waals surface area contributed by atoms with Gasteiger partial charge in [-0.25, -0.2) is 4.79 Å². The predicted octanol–water partition coefficient (Wildman–Crippen LogP) is 6.29. The number of benzene rings is 2. The van der Waals surface area contributed by atoms with Crippen LogP contribution in [0.3, 0.4) is 0 Å². The highest BCUT2D eigenvalue weighted by Crippen LogP contribution is 2.30. The molecule has 0 saturated heterocycles. The number of non-ortho nitro benzene ring substituents is 2. The van der Waals surface area contributed by atoms with Gasteiger partial charge in [0.1, 0.15) is 11.5 Å². The van der Waals surface area contributed by atoms with Crippen molar-refractivity contribution in [2.24, 2.45) is 0 Å². The Bertz CT molecular complexity index is 1480. The van der Waals surface area contributed by atoms with Crippen molar-refractivity contribution >= 4 is 17.5 Å². The highest BCUT2D eigenvalue weighted by atomic mass is 16.7. The summed E-state index contributed by atoms with van der Waals surface area (Å²) in [4.78, 5) is 43.4. The van der Waals surface area contributed by atoms with Crippen LogP contribution < -0.4 is 9.47 Å². The first-order valence-electron chi connectivity index (χ1n) is 12.3. The monoisotopic (exact) mass is 542 g/mol. The summed E-state index contributed by atoms with van der Waals surface area (Å²) in [6, 6.07) is 15.2. The van der Waals surface area contributed by atoms with Crippen molar-refractivity contribution < 1.29 is 24.1 Å². The molecule has 0 amide bonds. The molecule has 0 radical (unpaired) electrons. The van der Waals surface area contributed by atoms with Gasteiger partial charge in [-0.05, 0) is 75.2 Å². The van der Waals surface area contributed by atoms with E-state index in [-0.39, 0.29) is 35.7 Å². The Balaban J connectivity index is 1.62. The molecule has 0 fully saturated rings. The van der Waals surface area contributed by atoms with Gasteiger partial charge >= 0.3 is 6.16 Å². The Morgan fingerprint density at radius 1 is 0.650 bits per heavy atom. The largest absolute Gasteiger partial charge is 0.519 e. The van der Waals surface area contributed by atoms with Crippen molar-refractivity contribution in [2.75, 3.05) is 0 Å². The Morgan fingerprint density at radius 3 is 1.32 bits per heavy atom. The molecular formula is C29H26N4O7. The average molecular weight is 543 g/mol. The molecule has 40 heavy (non-hydrogen) atoms. The van der Waals surface area contributed by atoms with Crippen LogP contribution in [0.1, 0.15) is 45.0 Å². The summed E-state index contributed by atoms with van der Waals surface area (Å²) in [6.07, 6.45) is -0.592. The van der Waals surface area contributed by atoms with Crippen molar-refractivity contribution in [2.45, 2.75) is 40.5 Å². The van der Waals surface area contributed by atoms with Crippen molar-refractivity contribution in [3.05, 3.63) is 126 Å². The molecule has 11 nitrogen and oxygen atoms in total. The smallest absolute Gasteiger partial charge is 0.394 e. The predicted molar refractivity (Wildman–Crippen MR) is 146 cm³/mol. The number of hydrogen-bond acceptors (Lipinski definition) is 9. The van der Waals surface area contributed by atoms with Crippen LogP contribution in [-0.4, -0.2) is 26.0 Å². The number of aryl methyl sites for hydroxylation is 4. The summed E-state index contributed by atoms with van der Waals surface area (Å²) < 4.78 is 11.0. The third-order valence-electron chi connectivity index (χ3n) is 5.97. The van der Waals surface area contributed by atoms with Crippen LogP contribution in [-0.2, 0) is 12.8 Å². The second-order valence-corrected chi connectivity index (χ2v) is 9.42. The molecule has 0 spiro atoms. The van der Waals surface area contributed by atoms with Crippen molar-refractivity contribution in [1.82, 2.24) is 9.97 Å². The third kappa shape index (κ3) is 7.01. The van der Waals surface area contributed by atoms with Crippen LogP contribution in [0.15, 0.2) is 60.7 Å². The third-order valence-corrected chi connectivity index (χ3v) is 5.97. The number of carbonyl (C=O) groups excluding carboxylic acids is 1. The number of ether oxygens (including phenoxy) is 2. The van der Waals surface area contributed by atoms with Gasteiger partial charge in [0.2, 0.25) is 0 Å². The first-order valence-corrected chi connectivity index (χ1v) is 12.3. The Labute approximate surface area is 229 Å². The molecule has 2 aromatic carbocycles. The van der Waals surface area contributed by atoms with Crippen LogP contribution in [0.5, 0.6) is 11.5 Å². The Kier molecular flexibility index (Phi) is 8.13. The molecule has 0 aliphatic heterocycles. The lowest BCUT2D eigenvalue weighted by atomic mass is 10.0. The van der Waals surface area contributed by atoms with Crippen molar-refractivity contribution in [3.8, 4) is 11.5 Å². The molecule has 0 aliphatic rings. The van der Waals surface area contributed by atoms with Gasteiger partial charge in [-0.1, -0.05) is 0 Å². The molecule has 0 aliphatic carbocycles. The maximum atomic E-state index is 12.9. The van der Waals surface area contributed by atoms with E-state index in [0.717, 1.165) is 33.9 Å². The summed E-state index contributed by atoms with van der Waals surface area (Å²) in [7, 11) is 0. The number of pyridine rings is 2. The van der Waals surface area contributed by atoms with E-state index in [9.17, 15) is 25.0 Å². The first-order chi connectivity index (χ1) is 19.0. The van der Waals surface area contributed by atoms with E-state index in [0.29, 0.717) is 11.1 Å². The molecule has 11 heteroatoms. The van der Waals surface area contributed by atoms with E-state index >= 15 is 0 Å². The van der Waals surface area contributed by atoms with Crippen molar-refractivity contribution in [1.29, 1.82) is 0 Å². The van der Waals surface area contributed by atoms with Gasteiger partial charge < -0.3 is 9.47 Å². The lowest BCUT2D eigenvalue weighted by molar-refractivity contribution is -0.385. The lowest BCUT2D eigenvalue weighted by Crippen LogP contribution is -2.16. The van der Waals surface area contributed by atoms with E-state index in [1.165, 1.54) is 36.4 Å². The number of nitro benzene ring substituents is 2. The van der Waals surface area contributed by atoms with Crippen LogP contribution in [0.25, 0.3) is 0 Å². The maximum Gasteiger partial charge on any atom is 0.519 e. The molecule has 0 saturated carbocycles. The summed E-state index contributed by atoms with van der Waals surface area (Å²) in [6.45, 7) is 7.37. The van der Waals surface area contributed by atoms with Gasteiger partial charge in [-0.2, -0.15) is 0 Å². The number of aromatic nitrogens is 2. The molecule has 4 aromatic rings. The van der Waals surface area contributed by atoms with E-state index in [1.54, 1.807) is 0 Å². The summed E-state index contributed by atoms with van der Waals surface area (Å²) in [5, 5.41) is 22.8. The van der Waals surface area contributed by atoms with Crippen LogP contribution in [0.4, 0.5) is 16.2 Å². The van der Waals surface area contributed by atoms with Gasteiger partial charge in [-0.15, -0.1) is 0 Å². The number of hydrogen-bond donors (Lipinski definition) is 0. The standard InChI is InChI=1S/C29H26N4O7/c1-17-9-21(10-18(2)30-17)13-23-15-25(32(35)36)5-7-27(23)39-29(34)40-28-8-6-26(33(37)38)16-24(28)14-22-11-19(3)31-20(4)12-22/h5-12,15-16H,13-14H2,1-4H3. The molecule has 2 heterocycles. The summed E-state index contributed by atoms with van der Waals surface area (Å²) in [5.74, 6) is 0.179. The SMILES string of the molecule is Cc1cc(Cc2cc([N+](=O)[O-])ccc2OC(=O)Oc2ccc([N+](=O)[O-])cc2Cc2cc(C)nc(C)c2)cc(C)n1. The van der Waals surface area contributed by atoms with Crippen LogP contribution >= 0.6 is 0 Å². The molecule has 204 valence electrons. The number of carbonyl (C=O) groups is 1. The fraction of sp³-hybridized carbons (Fsp3) is 0.207. The topological polar surface area (TPSA) is 148 Å². The molecule has 0 unspecified atom stereocenters. The zero-order valence-electron chi connectivity index (χ0n) is 22.3. The van der Waals surface area contributed by atoms with Gasteiger partial charge in [0.15, 0.2) is 0 Å². The van der Waals surface area contributed by atoms with Gasteiger partial charge in [-0.3, -0.25) is 30.2 Å². The highest BCUT2D eigenvalue weighted by Gasteiger charge is 2.20. The molecule has 0 atom stereocenters. The number of rotatable bonds is 8. The second kappa shape index (κ2) is 11.7. The van der Waals surface area contributed by atoms with E-state index in [1.807, 2.05) is 52.0 Å². The zero-order chi connectivity index (χ0) is 29.0. The quantitative estimate of drug-likeness (QED) is 0.108. The number of nitro groups is 2. The van der Waals surface area contributed by atoms with Gasteiger partial charge in [0, 0.05) is 71.0 Å². The van der Waals surface area contributed by atoms with E-state index < -0.39 is 16.0 Å². The lowest BCUT2D eigenvalue weighted by Gasteiger charge is -2.13. The highest BCUT2D eigenvalue weighted by molar-refractivity contribution is 5.69. The zero-order valence-corrected chi connectivity index (χ0v) is 22.3.